The minimum Gasteiger partial charge on any atom is -0.307 e. The van der Waals surface area contributed by atoms with Crippen LogP contribution in [-0.2, 0) is 6.54 Å². The predicted molar refractivity (Wildman–Crippen MR) is 65.9 cm³/mol. The summed E-state index contributed by atoms with van der Waals surface area (Å²) in [6, 6.07) is 2.37. The number of nitrogens with zero attached hydrogens (tertiary/aromatic N) is 2. The van der Waals surface area contributed by atoms with Crippen LogP contribution < -0.4 is 5.32 Å². The molecular formula is C11H19N3S. The van der Waals surface area contributed by atoms with Crippen molar-refractivity contribution in [2.75, 3.05) is 11.5 Å². The molecule has 0 aliphatic rings. The Balaban J connectivity index is 2.14. The molecule has 0 aromatic carbocycles. The van der Waals surface area contributed by atoms with Gasteiger partial charge >= 0.3 is 0 Å². The van der Waals surface area contributed by atoms with E-state index in [-0.39, 0.29) is 0 Å². The Morgan fingerprint density at radius 3 is 2.80 bits per heavy atom. The third-order valence-electron chi connectivity index (χ3n) is 2.13. The molecule has 1 aromatic rings. The van der Waals surface area contributed by atoms with Crippen molar-refractivity contribution in [2.45, 2.75) is 32.9 Å². The van der Waals surface area contributed by atoms with Gasteiger partial charge in [0.15, 0.2) is 0 Å². The van der Waals surface area contributed by atoms with Crippen LogP contribution in [0.5, 0.6) is 0 Å². The van der Waals surface area contributed by atoms with E-state index in [4.69, 9.17) is 0 Å². The number of hydrogen-bond donors (Lipinski definition) is 1. The van der Waals surface area contributed by atoms with Crippen LogP contribution in [0.4, 0.5) is 0 Å². The Morgan fingerprint density at radius 2 is 2.13 bits per heavy atom. The first-order chi connectivity index (χ1) is 7.33. The molecule has 1 aromatic heterocycles. The highest BCUT2D eigenvalue weighted by Crippen LogP contribution is 2.03. The second-order valence-corrected chi connectivity index (χ2v) is 4.83. The molecule has 15 heavy (non-hydrogen) atoms. The molecular weight excluding hydrogens is 206 g/mol. The fraction of sp³-hybridized carbons (Fsp3) is 0.636. The van der Waals surface area contributed by atoms with Crippen molar-refractivity contribution in [3.8, 4) is 0 Å². The molecule has 1 rings (SSSR count). The topological polar surface area (TPSA) is 37.8 Å². The summed E-state index contributed by atoms with van der Waals surface area (Å²) in [5, 5.41) is 3.42. The van der Waals surface area contributed by atoms with Crippen molar-refractivity contribution in [2.24, 2.45) is 0 Å². The van der Waals surface area contributed by atoms with Gasteiger partial charge in [-0.15, -0.1) is 0 Å². The van der Waals surface area contributed by atoms with Gasteiger partial charge < -0.3 is 5.32 Å². The summed E-state index contributed by atoms with van der Waals surface area (Å²) in [4.78, 5) is 8.34. The third kappa shape index (κ3) is 5.74. The lowest BCUT2D eigenvalue weighted by molar-refractivity contribution is 0.526. The Kier molecular flexibility index (Phi) is 6.36. The van der Waals surface area contributed by atoms with E-state index in [1.165, 1.54) is 17.9 Å². The van der Waals surface area contributed by atoms with Crippen molar-refractivity contribution < 1.29 is 0 Å². The first kappa shape index (κ1) is 12.5. The fourth-order valence-corrected chi connectivity index (χ4v) is 2.00. The standard InChI is InChI=1S/C11H19N3S/c1-3-15-8-5-10(2)14-9-11-12-6-4-7-13-11/h4,6-7,10,14H,3,5,8-9H2,1-2H3. The Morgan fingerprint density at radius 1 is 1.40 bits per heavy atom. The van der Waals surface area contributed by atoms with Gasteiger partial charge in [-0.05, 0) is 30.9 Å². The van der Waals surface area contributed by atoms with Crippen LogP contribution in [0.15, 0.2) is 18.5 Å². The second kappa shape index (κ2) is 7.65. The van der Waals surface area contributed by atoms with Gasteiger partial charge in [-0.1, -0.05) is 6.92 Å². The summed E-state index contributed by atoms with van der Waals surface area (Å²) in [5.74, 6) is 3.29. The number of nitrogens with one attached hydrogen (secondary N) is 1. The first-order valence-corrected chi connectivity index (χ1v) is 6.55. The number of aromatic nitrogens is 2. The maximum atomic E-state index is 4.17. The lowest BCUT2D eigenvalue weighted by Gasteiger charge is -2.12. The summed E-state index contributed by atoms with van der Waals surface area (Å²) in [6.45, 7) is 5.17. The van der Waals surface area contributed by atoms with E-state index < -0.39 is 0 Å². The van der Waals surface area contributed by atoms with Crippen LogP contribution in [-0.4, -0.2) is 27.5 Å². The Hall–Kier alpha value is -0.610. The third-order valence-corrected chi connectivity index (χ3v) is 3.06. The van der Waals surface area contributed by atoms with E-state index in [9.17, 15) is 0 Å². The van der Waals surface area contributed by atoms with E-state index in [2.05, 4.69) is 29.1 Å². The molecule has 3 nitrogen and oxygen atoms in total. The van der Waals surface area contributed by atoms with Gasteiger partial charge in [-0.3, -0.25) is 0 Å². The molecule has 84 valence electrons. The van der Waals surface area contributed by atoms with Gasteiger partial charge in [-0.25, -0.2) is 9.97 Å². The van der Waals surface area contributed by atoms with Gasteiger partial charge in [0.05, 0.1) is 6.54 Å². The van der Waals surface area contributed by atoms with Crippen LogP contribution in [0.3, 0.4) is 0 Å². The van der Waals surface area contributed by atoms with E-state index in [0.29, 0.717) is 6.04 Å². The molecule has 4 heteroatoms. The van der Waals surface area contributed by atoms with Gasteiger partial charge in [0.25, 0.3) is 0 Å². The van der Waals surface area contributed by atoms with E-state index in [1.807, 2.05) is 17.8 Å². The van der Waals surface area contributed by atoms with Crippen LogP contribution in [0, 0.1) is 0 Å². The minimum absolute atomic E-state index is 0.535. The van der Waals surface area contributed by atoms with Gasteiger partial charge in [0, 0.05) is 18.4 Å². The molecule has 0 amide bonds. The molecule has 0 aliphatic heterocycles. The quantitative estimate of drug-likeness (QED) is 0.721. The molecule has 0 radical (unpaired) electrons. The number of rotatable bonds is 7. The molecule has 1 atom stereocenters. The molecule has 1 heterocycles. The van der Waals surface area contributed by atoms with Crippen molar-refractivity contribution in [1.82, 2.24) is 15.3 Å². The van der Waals surface area contributed by atoms with Gasteiger partial charge in [-0.2, -0.15) is 11.8 Å². The van der Waals surface area contributed by atoms with E-state index in [0.717, 1.165) is 12.4 Å². The zero-order valence-electron chi connectivity index (χ0n) is 9.44. The molecule has 0 fully saturated rings. The summed E-state index contributed by atoms with van der Waals surface area (Å²) in [6.07, 6.45) is 4.76. The Labute approximate surface area is 96.1 Å². The minimum atomic E-state index is 0.535. The predicted octanol–water partition coefficient (Wildman–Crippen LogP) is 2.10. The van der Waals surface area contributed by atoms with E-state index >= 15 is 0 Å². The number of thioether (sulfide) groups is 1. The summed E-state index contributed by atoms with van der Waals surface area (Å²) in [7, 11) is 0. The number of hydrogen-bond acceptors (Lipinski definition) is 4. The average molecular weight is 225 g/mol. The van der Waals surface area contributed by atoms with Crippen LogP contribution >= 0.6 is 11.8 Å². The SMILES string of the molecule is CCSCCC(C)NCc1ncccn1. The Bertz CT molecular complexity index is 253. The van der Waals surface area contributed by atoms with Crippen LogP contribution in [0.25, 0.3) is 0 Å². The highest BCUT2D eigenvalue weighted by atomic mass is 32.2. The largest absolute Gasteiger partial charge is 0.307 e. The van der Waals surface area contributed by atoms with Crippen molar-refractivity contribution in [1.29, 1.82) is 0 Å². The van der Waals surface area contributed by atoms with Crippen molar-refractivity contribution in [3.05, 3.63) is 24.3 Å². The van der Waals surface area contributed by atoms with Gasteiger partial charge in [0.2, 0.25) is 0 Å². The fourth-order valence-electron chi connectivity index (χ4n) is 1.19. The zero-order chi connectivity index (χ0) is 10.9. The summed E-state index contributed by atoms with van der Waals surface area (Å²) >= 11 is 1.99. The highest BCUT2D eigenvalue weighted by Gasteiger charge is 2.01. The second-order valence-electron chi connectivity index (χ2n) is 3.43. The average Bonchev–Trinajstić information content (AvgIpc) is 2.28. The highest BCUT2D eigenvalue weighted by molar-refractivity contribution is 7.99. The summed E-state index contributed by atoms with van der Waals surface area (Å²) < 4.78 is 0. The van der Waals surface area contributed by atoms with Crippen LogP contribution in [0.2, 0.25) is 0 Å². The molecule has 1 N–H and O–H groups in total. The van der Waals surface area contributed by atoms with E-state index in [1.54, 1.807) is 12.4 Å². The van der Waals surface area contributed by atoms with Gasteiger partial charge in [0.1, 0.15) is 5.82 Å². The molecule has 0 spiro atoms. The molecule has 0 saturated heterocycles. The lowest BCUT2D eigenvalue weighted by atomic mass is 10.2. The van der Waals surface area contributed by atoms with Crippen molar-refractivity contribution >= 4 is 11.8 Å². The van der Waals surface area contributed by atoms with Crippen LogP contribution in [0.1, 0.15) is 26.1 Å². The lowest BCUT2D eigenvalue weighted by Crippen LogP contribution is -2.26. The monoisotopic (exact) mass is 225 g/mol. The first-order valence-electron chi connectivity index (χ1n) is 5.40. The zero-order valence-corrected chi connectivity index (χ0v) is 10.3. The molecule has 1 unspecified atom stereocenters. The van der Waals surface area contributed by atoms with Crippen molar-refractivity contribution in [3.63, 3.8) is 0 Å². The normalized spacial score (nSPS) is 12.7. The maximum Gasteiger partial charge on any atom is 0.141 e. The molecule has 0 saturated carbocycles. The maximum absolute atomic E-state index is 4.17. The summed E-state index contributed by atoms with van der Waals surface area (Å²) in [5.41, 5.74) is 0. The molecule has 0 bridgehead atoms. The molecule has 0 aliphatic carbocycles. The smallest absolute Gasteiger partial charge is 0.141 e.